The van der Waals surface area contributed by atoms with Crippen LogP contribution in [0.15, 0.2) is 24.5 Å². The van der Waals surface area contributed by atoms with E-state index in [-0.39, 0.29) is 6.29 Å². The lowest BCUT2D eigenvalue weighted by molar-refractivity contribution is -0.0522. The van der Waals surface area contributed by atoms with Gasteiger partial charge in [-0.2, -0.15) is 0 Å². The van der Waals surface area contributed by atoms with E-state index in [0.717, 1.165) is 26.1 Å². The largest absolute Gasteiger partial charge is 0.350 e. The second-order valence-corrected chi connectivity index (χ2v) is 3.95. The van der Waals surface area contributed by atoms with Crippen LogP contribution in [-0.2, 0) is 15.9 Å². The predicted octanol–water partition coefficient (Wildman–Crippen LogP) is 0.975. The topological polar surface area (TPSA) is 43.4 Å². The third kappa shape index (κ3) is 3.27. The maximum absolute atomic E-state index is 5.45. The summed E-state index contributed by atoms with van der Waals surface area (Å²) in [6, 6.07) is 4.46. The standard InChI is InChI=1S/C12H18N2O2/c1-13-11(9-12-15-6-7-16-12)8-10-2-4-14-5-3-10/h2-5,11-13H,6-9H2,1H3. The van der Waals surface area contributed by atoms with E-state index in [1.54, 1.807) is 0 Å². The van der Waals surface area contributed by atoms with Crippen LogP contribution in [-0.4, -0.2) is 37.6 Å². The van der Waals surface area contributed by atoms with Crippen molar-refractivity contribution >= 4 is 0 Å². The molecule has 1 fully saturated rings. The number of likely N-dealkylation sites (N-methyl/N-ethyl adjacent to an activating group) is 1. The number of hydrogen-bond donors (Lipinski definition) is 1. The van der Waals surface area contributed by atoms with Crippen molar-refractivity contribution < 1.29 is 9.47 Å². The molecule has 1 aromatic rings. The van der Waals surface area contributed by atoms with E-state index < -0.39 is 0 Å². The highest BCUT2D eigenvalue weighted by atomic mass is 16.7. The van der Waals surface area contributed by atoms with Crippen molar-refractivity contribution in [1.29, 1.82) is 0 Å². The second kappa shape index (κ2) is 5.94. The SMILES string of the molecule is CNC(Cc1ccncc1)CC1OCCO1. The Morgan fingerprint density at radius 3 is 2.69 bits per heavy atom. The fraction of sp³-hybridized carbons (Fsp3) is 0.583. The van der Waals surface area contributed by atoms with Crippen LogP contribution in [0.2, 0.25) is 0 Å². The number of nitrogens with one attached hydrogen (secondary N) is 1. The number of nitrogens with zero attached hydrogens (tertiary/aromatic N) is 1. The van der Waals surface area contributed by atoms with Crippen LogP contribution in [0.5, 0.6) is 0 Å². The van der Waals surface area contributed by atoms with Crippen LogP contribution in [0.1, 0.15) is 12.0 Å². The molecule has 4 nitrogen and oxygen atoms in total. The zero-order valence-electron chi connectivity index (χ0n) is 9.56. The molecule has 1 aliphatic heterocycles. The van der Waals surface area contributed by atoms with E-state index in [4.69, 9.17) is 9.47 Å². The van der Waals surface area contributed by atoms with Gasteiger partial charge in [0.1, 0.15) is 0 Å². The van der Waals surface area contributed by atoms with Crippen molar-refractivity contribution in [3.63, 3.8) is 0 Å². The lowest BCUT2D eigenvalue weighted by Gasteiger charge is -2.19. The van der Waals surface area contributed by atoms with Crippen molar-refractivity contribution in [1.82, 2.24) is 10.3 Å². The van der Waals surface area contributed by atoms with Crippen LogP contribution < -0.4 is 5.32 Å². The molecule has 0 bridgehead atoms. The third-order valence-corrected chi connectivity index (χ3v) is 2.81. The van der Waals surface area contributed by atoms with Gasteiger partial charge in [-0.3, -0.25) is 4.98 Å². The molecule has 0 aromatic carbocycles. The Hall–Kier alpha value is -0.970. The highest BCUT2D eigenvalue weighted by molar-refractivity contribution is 5.11. The minimum absolute atomic E-state index is 0.0423. The maximum atomic E-state index is 5.45. The van der Waals surface area contributed by atoms with Crippen molar-refractivity contribution in [3.8, 4) is 0 Å². The first-order chi connectivity index (χ1) is 7.88. The molecule has 2 rings (SSSR count). The fourth-order valence-corrected chi connectivity index (χ4v) is 1.88. The van der Waals surface area contributed by atoms with Crippen molar-refractivity contribution in [2.45, 2.75) is 25.2 Å². The number of pyridine rings is 1. The molecule has 0 aliphatic carbocycles. The number of hydrogen-bond acceptors (Lipinski definition) is 4. The van der Waals surface area contributed by atoms with E-state index >= 15 is 0 Å². The van der Waals surface area contributed by atoms with Gasteiger partial charge in [-0.05, 0) is 31.2 Å². The van der Waals surface area contributed by atoms with Crippen LogP contribution in [0.25, 0.3) is 0 Å². The molecule has 0 saturated carbocycles. The average Bonchev–Trinajstić information content (AvgIpc) is 2.82. The normalized spacial score (nSPS) is 18.8. The lowest BCUT2D eigenvalue weighted by Crippen LogP contribution is -2.32. The Kier molecular flexibility index (Phi) is 4.27. The molecule has 0 radical (unpaired) electrons. The summed E-state index contributed by atoms with van der Waals surface area (Å²) in [6.45, 7) is 1.44. The van der Waals surface area contributed by atoms with Gasteiger partial charge < -0.3 is 14.8 Å². The molecule has 4 heteroatoms. The van der Waals surface area contributed by atoms with Crippen LogP contribution in [0.3, 0.4) is 0 Å². The quantitative estimate of drug-likeness (QED) is 0.806. The van der Waals surface area contributed by atoms with Crippen LogP contribution in [0, 0.1) is 0 Å². The van der Waals surface area contributed by atoms with Gasteiger partial charge in [-0.15, -0.1) is 0 Å². The van der Waals surface area contributed by atoms with Crippen molar-refractivity contribution in [2.75, 3.05) is 20.3 Å². The molecule has 1 N–H and O–H groups in total. The smallest absolute Gasteiger partial charge is 0.159 e. The van der Waals surface area contributed by atoms with E-state index in [0.29, 0.717) is 6.04 Å². The maximum Gasteiger partial charge on any atom is 0.159 e. The molecule has 88 valence electrons. The highest BCUT2D eigenvalue weighted by Crippen LogP contribution is 2.13. The molecule has 1 saturated heterocycles. The van der Waals surface area contributed by atoms with Crippen molar-refractivity contribution in [3.05, 3.63) is 30.1 Å². The second-order valence-electron chi connectivity index (χ2n) is 3.95. The Labute approximate surface area is 96.0 Å². The number of aromatic nitrogens is 1. The van der Waals surface area contributed by atoms with Gasteiger partial charge in [0.2, 0.25) is 0 Å². The first kappa shape index (κ1) is 11.5. The third-order valence-electron chi connectivity index (χ3n) is 2.81. The summed E-state index contributed by atoms with van der Waals surface area (Å²) in [7, 11) is 1.97. The van der Waals surface area contributed by atoms with Gasteiger partial charge in [0, 0.05) is 24.9 Å². The predicted molar refractivity (Wildman–Crippen MR) is 61.1 cm³/mol. The van der Waals surface area contributed by atoms with Gasteiger partial charge in [-0.25, -0.2) is 0 Å². The Morgan fingerprint density at radius 1 is 1.38 bits per heavy atom. The monoisotopic (exact) mass is 222 g/mol. The van der Waals surface area contributed by atoms with E-state index in [2.05, 4.69) is 10.3 Å². The summed E-state index contributed by atoms with van der Waals surface area (Å²) < 4.78 is 10.9. The fourth-order valence-electron chi connectivity index (χ4n) is 1.88. The molecule has 1 aromatic heterocycles. The summed E-state index contributed by atoms with van der Waals surface area (Å²) in [5.74, 6) is 0. The summed E-state index contributed by atoms with van der Waals surface area (Å²) in [5, 5.41) is 3.30. The summed E-state index contributed by atoms with van der Waals surface area (Å²) in [6.07, 6.45) is 5.47. The van der Waals surface area contributed by atoms with E-state index in [1.807, 2.05) is 31.6 Å². The zero-order valence-corrected chi connectivity index (χ0v) is 9.56. The Balaban J connectivity index is 1.85. The minimum Gasteiger partial charge on any atom is -0.350 e. The van der Waals surface area contributed by atoms with Gasteiger partial charge in [-0.1, -0.05) is 0 Å². The molecule has 0 spiro atoms. The van der Waals surface area contributed by atoms with E-state index in [1.165, 1.54) is 5.56 Å². The molecule has 1 aliphatic rings. The lowest BCUT2D eigenvalue weighted by atomic mass is 10.0. The number of rotatable bonds is 5. The van der Waals surface area contributed by atoms with Gasteiger partial charge in [0.25, 0.3) is 0 Å². The molecule has 1 atom stereocenters. The summed E-state index contributed by atoms with van der Waals surface area (Å²) >= 11 is 0. The highest BCUT2D eigenvalue weighted by Gasteiger charge is 2.20. The Bertz CT molecular complexity index is 299. The Morgan fingerprint density at radius 2 is 2.06 bits per heavy atom. The molecular formula is C12H18N2O2. The molecular weight excluding hydrogens is 204 g/mol. The number of ether oxygens (including phenoxy) is 2. The van der Waals surface area contributed by atoms with Gasteiger partial charge in [0.15, 0.2) is 6.29 Å². The first-order valence-corrected chi connectivity index (χ1v) is 5.68. The van der Waals surface area contributed by atoms with Gasteiger partial charge in [0.05, 0.1) is 13.2 Å². The van der Waals surface area contributed by atoms with E-state index in [9.17, 15) is 0 Å². The molecule has 1 unspecified atom stereocenters. The van der Waals surface area contributed by atoms with Gasteiger partial charge >= 0.3 is 0 Å². The average molecular weight is 222 g/mol. The van der Waals surface area contributed by atoms with Crippen LogP contribution >= 0.6 is 0 Å². The zero-order chi connectivity index (χ0) is 11.2. The minimum atomic E-state index is -0.0423. The summed E-state index contributed by atoms with van der Waals surface area (Å²) in [4.78, 5) is 4.01. The summed E-state index contributed by atoms with van der Waals surface area (Å²) in [5.41, 5.74) is 1.28. The first-order valence-electron chi connectivity index (χ1n) is 5.68. The molecule has 0 amide bonds. The molecule has 16 heavy (non-hydrogen) atoms. The molecule has 2 heterocycles. The van der Waals surface area contributed by atoms with Crippen molar-refractivity contribution in [2.24, 2.45) is 0 Å². The van der Waals surface area contributed by atoms with Crippen LogP contribution in [0.4, 0.5) is 0 Å².